The first-order valence-electron chi connectivity index (χ1n) is 6.59. The monoisotopic (exact) mass is 371 g/mol. The lowest BCUT2D eigenvalue weighted by Gasteiger charge is -2.00. The van der Waals surface area contributed by atoms with Crippen LogP contribution in [0, 0.1) is 10.1 Å². The molecule has 0 saturated carbocycles. The Labute approximate surface area is 139 Å². The van der Waals surface area contributed by atoms with Crippen LogP contribution in [0.5, 0.6) is 0 Å². The van der Waals surface area contributed by atoms with Gasteiger partial charge in [-0.2, -0.15) is 9.78 Å². The molecule has 0 fully saturated rings. The summed E-state index contributed by atoms with van der Waals surface area (Å²) in [6, 6.07) is 14.3. The van der Waals surface area contributed by atoms with E-state index < -0.39 is 4.92 Å². The molecule has 0 aliphatic heterocycles. The number of nitrogens with zero attached hydrogens (tertiary/aromatic N) is 5. The normalized spacial score (nSPS) is 11.0. The third-order valence-corrected chi connectivity index (χ3v) is 3.73. The second kappa shape index (κ2) is 6.49. The average Bonchev–Trinajstić information content (AvgIpc) is 3.03. The van der Waals surface area contributed by atoms with Crippen molar-refractivity contribution in [2.75, 3.05) is 0 Å². The van der Waals surface area contributed by atoms with Crippen molar-refractivity contribution in [3.63, 3.8) is 0 Å². The van der Waals surface area contributed by atoms with Crippen LogP contribution in [0.2, 0.25) is 0 Å². The van der Waals surface area contributed by atoms with Gasteiger partial charge in [0.2, 0.25) is 0 Å². The maximum Gasteiger partial charge on any atom is 0.284 e. The zero-order valence-electron chi connectivity index (χ0n) is 11.7. The Balaban J connectivity index is 1.92. The average molecular weight is 372 g/mol. The van der Waals surface area contributed by atoms with E-state index >= 15 is 0 Å². The maximum absolute atomic E-state index is 11.0. The van der Waals surface area contributed by atoms with Crippen LogP contribution < -0.4 is 0 Å². The summed E-state index contributed by atoms with van der Waals surface area (Å²) in [6.45, 7) is 0. The first-order chi connectivity index (χ1) is 11.1. The van der Waals surface area contributed by atoms with Crippen LogP contribution in [0.1, 0.15) is 5.56 Å². The fourth-order valence-corrected chi connectivity index (χ4v) is 2.36. The van der Waals surface area contributed by atoms with E-state index in [1.165, 1.54) is 23.3 Å². The first kappa shape index (κ1) is 15.0. The summed E-state index contributed by atoms with van der Waals surface area (Å²) in [5.41, 5.74) is 1.47. The summed E-state index contributed by atoms with van der Waals surface area (Å²) >= 11 is 3.15. The molecular weight excluding hydrogens is 362 g/mol. The van der Waals surface area contributed by atoms with Crippen LogP contribution in [0.25, 0.3) is 11.4 Å². The van der Waals surface area contributed by atoms with Gasteiger partial charge in [-0.3, -0.25) is 10.1 Å². The predicted octanol–water partition coefficient (Wildman–Crippen LogP) is 3.50. The molecule has 7 nitrogen and oxygen atoms in total. The zero-order valence-corrected chi connectivity index (χ0v) is 13.3. The fourth-order valence-electron chi connectivity index (χ4n) is 1.97. The second-order valence-electron chi connectivity index (χ2n) is 4.58. The Kier molecular flexibility index (Phi) is 4.24. The Morgan fingerprint density at radius 3 is 2.74 bits per heavy atom. The highest BCUT2D eigenvalue weighted by molar-refractivity contribution is 9.10. The minimum absolute atomic E-state index is 0.0130. The number of nitro benzene ring substituents is 1. The van der Waals surface area contributed by atoms with Crippen LogP contribution >= 0.6 is 15.9 Å². The molecule has 23 heavy (non-hydrogen) atoms. The van der Waals surface area contributed by atoms with Gasteiger partial charge in [0.1, 0.15) is 6.33 Å². The molecule has 2 aromatic carbocycles. The summed E-state index contributed by atoms with van der Waals surface area (Å²) in [7, 11) is 0. The highest BCUT2D eigenvalue weighted by Crippen LogP contribution is 2.25. The van der Waals surface area contributed by atoms with Gasteiger partial charge in [0.05, 0.1) is 15.6 Å². The van der Waals surface area contributed by atoms with Gasteiger partial charge in [-0.05, 0) is 22.0 Å². The SMILES string of the molecule is O=[N+]([O-])c1cc(/C=N\n2cnnc2-c2ccccc2)ccc1Br. The van der Waals surface area contributed by atoms with Crippen LogP contribution in [-0.2, 0) is 0 Å². The van der Waals surface area contributed by atoms with Gasteiger partial charge >= 0.3 is 0 Å². The van der Waals surface area contributed by atoms with Crippen molar-refractivity contribution in [1.82, 2.24) is 14.9 Å². The van der Waals surface area contributed by atoms with E-state index in [1.54, 1.807) is 12.1 Å². The topological polar surface area (TPSA) is 86.2 Å². The zero-order chi connectivity index (χ0) is 16.2. The predicted molar refractivity (Wildman–Crippen MR) is 89.2 cm³/mol. The molecule has 114 valence electrons. The van der Waals surface area contributed by atoms with Crippen molar-refractivity contribution in [2.24, 2.45) is 5.10 Å². The smallest absolute Gasteiger partial charge is 0.258 e. The van der Waals surface area contributed by atoms with E-state index in [0.29, 0.717) is 15.9 Å². The van der Waals surface area contributed by atoms with E-state index in [1.807, 2.05) is 30.3 Å². The van der Waals surface area contributed by atoms with E-state index in [4.69, 9.17) is 0 Å². The van der Waals surface area contributed by atoms with Gasteiger partial charge in [-0.25, -0.2) is 0 Å². The van der Waals surface area contributed by atoms with Gasteiger partial charge in [-0.1, -0.05) is 36.4 Å². The van der Waals surface area contributed by atoms with Crippen molar-refractivity contribution in [2.45, 2.75) is 0 Å². The Morgan fingerprint density at radius 1 is 1.22 bits per heavy atom. The van der Waals surface area contributed by atoms with Crippen molar-refractivity contribution in [1.29, 1.82) is 0 Å². The van der Waals surface area contributed by atoms with Gasteiger partial charge < -0.3 is 0 Å². The molecule has 3 aromatic rings. The minimum Gasteiger partial charge on any atom is -0.258 e. The summed E-state index contributed by atoms with van der Waals surface area (Å²) in [6.07, 6.45) is 3.00. The van der Waals surface area contributed by atoms with E-state index in [0.717, 1.165) is 5.56 Å². The molecule has 0 atom stereocenters. The molecule has 0 unspecified atom stereocenters. The molecule has 0 aliphatic rings. The van der Waals surface area contributed by atoms with Crippen LogP contribution in [0.15, 0.2) is 64.4 Å². The molecule has 0 aliphatic carbocycles. The number of halogens is 1. The highest BCUT2D eigenvalue weighted by Gasteiger charge is 2.11. The molecular formula is C15H10BrN5O2. The molecule has 1 heterocycles. The Morgan fingerprint density at radius 2 is 2.00 bits per heavy atom. The van der Waals surface area contributed by atoms with Crippen LogP contribution in [-0.4, -0.2) is 26.0 Å². The second-order valence-corrected chi connectivity index (χ2v) is 5.43. The molecule has 0 N–H and O–H groups in total. The minimum atomic E-state index is -0.449. The molecule has 0 spiro atoms. The number of hydrogen-bond donors (Lipinski definition) is 0. The Hall–Kier alpha value is -2.87. The molecule has 0 radical (unpaired) electrons. The number of benzene rings is 2. The number of aromatic nitrogens is 3. The summed E-state index contributed by atoms with van der Waals surface area (Å²) in [4.78, 5) is 10.5. The van der Waals surface area contributed by atoms with Gasteiger partial charge in [0, 0.05) is 17.2 Å². The van der Waals surface area contributed by atoms with Crippen molar-refractivity contribution in [3.8, 4) is 11.4 Å². The lowest BCUT2D eigenvalue weighted by molar-refractivity contribution is -0.385. The molecule has 3 rings (SSSR count). The van der Waals surface area contributed by atoms with E-state index in [2.05, 4.69) is 31.2 Å². The largest absolute Gasteiger partial charge is 0.284 e. The lowest BCUT2D eigenvalue weighted by atomic mass is 10.2. The summed E-state index contributed by atoms with van der Waals surface area (Å²) < 4.78 is 1.94. The first-order valence-corrected chi connectivity index (χ1v) is 7.38. The molecule has 0 bridgehead atoms. The van der Waals surface area contributed by atoms with Gasteiger partial charge in [0.25, 0.3) is 5.69 Å². The number of nitro groups is 1. The van der Waals surface area contributed by atoms with Gasteiger partial charge in [-0.15, -0.1) is 10.2 Å². The number of rotatable bonds is 4. The standard InChI is InChI=1S/C15H10BrN5O2/c16-13-7-6-11(8-14(13)21(22)23)9-18-20-10-17-19-15(20)12-4-2-1-3-5-12/h1-10H/b18-9-. The quantitative estimate of drug-likeness (QED) is 0.399. The maximum atomic E-state index is 11.0. The van der Waals surface area contributed by atoms with Gasteiger partial charge in [0.15, 0.2) is 5.82 Å². The summed E-state index contributed by atoms with van der Waals surface area (Å²) in [5.74, 6) is 0.591. The molecule has 0 saturated heterocycles. The van der Waals surface area contributed by atoms with Crippen molar-refractivity contribution < 1.29 is 4.92 Å². The van der Waals surface area contributed by atoms with Crippen LogP contribution in [0.4, 0.5) is 5.69 Å². The summed E-state index contributed by atoms with van der Waals surface area (Å²) in [5, 5.41) is 23.1. The molecule has 1 aromatic heterocycles. The Bertz CT molecular complexity index is 877. The van der Waals surface area contributed by atoms with Crippen molar-refractivity contribution in [3.05, 3.63) is 75.0 Å². The molecule has 8 heteroatoms. The third kappa shape index (κ3) is 3.32. The number of hydrogen-bond acceptors (Lipinski definition) is 5. The van der Waals surface area contributed by atoms with Crippen molar-refractivity contribution >= 4 is 27.8 Å². The fraction of sp³-hybridized carbons (Fsp3) is 0. The highest BCUT2D eigenvalue weighted by atomic mass is 79.9. The lowest BCUT2D eigenvalue weighted by Crippen LogP contribution is -1.95. The molecule has 0 amide bonds. The van der Waals surface area contributed by atoms with E-state index in [-0.39, 0.29) is 5.69 Å². The van der Waals surface area contributed by atoms with Crippen LogP contribution in [0.3, 0.4) is 0 Å². The van der Waals surface area contributed by atoms with E-state index in [9.17, 15) is 10.1 Å². The third-order valence-electron chi connectivity index (χ3n) is 3.06.